The number of allylic oxidation sites excluding steroid dienone is 2. The summed E-state index contributed by atoms with van der Waals surface area (Å²) in [7, 11) is -3.11. The summed E-state index contributed by atoms with van der Waals surface area (Å²) >= 11 is 0. The Labute approximate surface area is 96.5 Å². The summed E-state index contributed by atoms with van der Waals surface area (Å²) in [6.07, 6.45) is 4.28. The third-order valence-electron chi connectivity index (χ3n) is 2.37. The summed E-state index contributed by atoms with van der Waals surface area (Å²) in [5.74, 6) is 0.0749. The number of carbonyl (C=O) groups excluding carboxylic acids is 1. The highest BCUT2D eigenvalue weighted by atomic mass is 31.2. The zero-order valence-electron chi connectivity index (χ0n) is 9.90. The van der Waals surface area contributed by atoms with E-state index in [1.165, 1.54) is 0 Å². The monoisotopic (exact) mass is 246 g/mol. The topological polar surface area (TPSA) is 52.6 Å². The molecule has 0 unspecified atom stereocenters. The van der Waals surface area contributed by atoms with Crippen LogP contribution in [-0.2, 0) is 18.4 Å². The highest BCUT2D eigenvalue weighted by molar-refractivity contribution is 7.54. The van der Waals surface area contributed by atoms with Crippen LogP contribution in [0.1, 0.15) is 33.1 Å². The predicted octanol–water partition coefficient (Wildman–Crippen LogP) is 2.93. The van der Waals surface area contributed by atoms with Gasteiger partial charge in [-0.15, -0.1) is 0 Å². The highest BCUT2D eigenvalue weighted by Crippen LogP contribution is 2.50. The van der Waals surface area contributed by atoms with Crippen LogP contribution in [-0.4, -0.2) is 25.2 Å². The maximum Gasteiger partial charge on any atom is 0.335 e. The zero-order chi connectivity index (χ0) is 12.0. The van der Waals surface area contributed by atoms with Crippen LogP contribution in [0.4, 0.5) is 0 Å². The van der Waals surface area contributed by atoms with Gasteiger partial charge in [-0.3, -0.25) is 9.36 Å². The van der Waals surface area contributed by atoms with E-state index < -0.39 is 7.60 Å². The van der Waals surface area contributed by atoms with Crippen LogP contribution in [0.15, 0.2) is 11.6 Å². The predicted molar refractivity (Wildman–Crippen MR) is 62.7 cm³/mol. The Bertz CT molecular complexity index is 312. The lowest BCUT2D eigenvalue weighted by Gasteiger charge is -2.19. The Morgan fingerprint density at radius 3 is 2.44 bits per heavy atom. The largest absolute Gasteiger partial charge is 0.335 e. The Morgan fingerprint density at radius 2 is 1.94 bits per heavy atom. The molecule has 16 heavy (non-hydrogen) atoms. The molecule has 0 aromatic rings. The molecule has 1 aliphatic carbocycles. The van der Waals surface area contributed by atoms with E-state index in [9.17, 15) is 9.36 Å². The molecule has 1 aliphatic rings. The van der Waals surface area contributed by atoms with E-state index in [4.69, 9.17) is 9.05 Å². The quantitative estimate of drug-likeness (QED) is 0.676. The van der Waals surface area contributed by atoms with Crippen molar-refractivity contribution in [3.8, 4) is 0 Å². The molecular weight excluding hydrogens is 227 g/mol. The number of carbonyl (C=O) groups is 1. The Hall–Kier alpha value is -0.440. The maximum atomic E-state index is 12.2. The molecule has 92 valence electrons. The summed E-state index contributed by atoms with van der Waals surface area (Å²) in [4.78, 5) is 11.6. The number of ketones is 1. The molecule has 0 heterocycles. The van der Waals surface area contributed by atoms with E-state index in [0.717, 1.165) is 12.8 Å². The fourth-order valence-electron chi connectivity index (χ4n) is 1.70. The average Bonchev–Trinajstić information content (AvgIpc) is 2.22. The summed E-state index contributed by atoms with van der Waals surface area (Å²) in [6, 6.07) is 0. The smallest absolute Gasteiger partial charge is 0.309 e. The minimum absolute atomic E-state index is 0.0749. The molecule has 0 aromatic heterocycles. The molecule has 5 heteroatoms. The Kier molecular flexibility index (Phi) is 5.39. The molecule has 0 bridgehead atoms. The van der Waals surface area contributed by atoms with Gasteiger partial charge in [-0.2, -0.15) is 0 Å². The van der Waals surface area contributed by atoms with Gasteiger partial charge < -0.3 is 9.05 Å². The molecule has 0 radical (unpaired) electrons. The van der Waals surface area contributed by atoms with Crippen LogP contribution in [0, 0.1) is 0 Å². The maximum absolute atomic E-state index is 12.2. The lowest BCUT2D eigenvalue weighted by atomic mass is 10.00. The standard InChI is InChI=1S/C11H19O4P/c1-3-14-16(13,15-4-2)9-10-7-5-6-8-11(10)12/h7H,3-6,8-9H2,1-2H3. The van der Waals surface area contributed by atoms with Gasteiger partial charge in [0.05, 0.1) is 19.4 Å². The van der Waals surface area contributed by atoms with Gasteiger partial charge in [-0.05, 0) is 26.7 Å². The van der Waals surface area contributed by atoms with Crippen LogP contribution < -0.4 is 0 Å². The van der Waals surface area contributed by atoms with Crippen LogP contribution in [0.3, 0.4) is 0 Å². The van der Waals surface area contributed by atoms with Crippen LogP contribution >= 0.6 is 7.60 Å². The first-order chi connectivity index (χ1) is 7.61. The molecule has 1 rings (SSSR count). The minimum atomic E-state index is -3.11. The van der Waals surface area contributed by atoms with Crippen molar-refractivity contribution in [3.05, 3.63) is 11.6 Å². The summed E-state index contributed by atoms with van der Waals surface area (Å²) in [5, 5.41) is 0. The van der Waals surface area contributed by atoms with Crippen molar-refractivity contribution in [1.82, 2.24) is 0 Å². The highest BCUT2D eigenvalue weighted by Gasteiger charge is 2.28. The Morgan fingerprint density at radius 1 is 1.31 bits per heavy atom. The van der Waals surface area contributed by atoms with Gasteiger partial charge in [0.25, 0.3) is 0 Å². The zero-order valence-corrected chi connectivity index (χ0v) is 10.8. The normalized spacial score (nSPS) is 17.4. The third-order valence-corrected chi connectivity index (χ3v) is 4.40. The van der Waals surface area contributed by atoms with Gasteiger partial charge in [0.15, 0.2) is 5.78 Å². The van der Waals surface area contributed by atoms with Crippen molar-refractivity contribution >= 4 is 13.4 Å². The first kappa shape index (κ1) is 13.6. The van der Waals surface area contributed by atoms with Gasteiger partial charge in [-0.1, -0.05) is 6.08 Å². The van der Waals surface area contributed by atoms with E-state index >= 15 is 0 Å². The van der Waals surface area contributed by atoms with Crippen molar-refractivity contribution in [1.29, 1.82) is 0 Å². The van der Waals surface area contributed by atoms with Crippen molar-refractivity contribution in [2.45, 2.75) is 33.1 Å². The van der Waals surface area contributed by atoms with Crippen LogP contribution in [0.5, 0.6) is 0 Å². The first-order valence-electron chi connectivity index (χ1n) is 5.71. The second-order valence-electron chi connectivity index (χ2n) is 3.65. The number of hydrogen-bond donors (Lipinski definition) is 0. The fourth-order valence-corrected chi connectivity index (χ4v) is 3.46. The average molecular weight is 246 g/mol. The van der Waals surface area contributed by atoms with E-state index in [1.807, 2.05) is 6.08 Å². The van der Waals surface area contributed by atoms with Gasteiger partial charge in [0.1, 0.15) is 0 Å². The third kappa shape index (κ3) is 3.85. The van der Waals surface area contributed by atoms with E-state index in [1.54, 1.807) is 13.8 Å². The molecule has 0 spiro atoms. The van der Waals surface area contributed by atoms with Crippen molar-refractivity contribution in [2.24, 2.45) is 0 Å². The molecule has 4 nitrogen and oxygen atoms in total. The molecule has 0 atom stereocenters. The molecule has 0 fully saturated rings. The molecule has 0 N–H and O–H groups in total. The second-order valence-corrected chi connectivity index (χ2v) is 5.70. The number of Topliss-reactive ketones (excluding diaryl/α,β-unsaturated/α-hetero) is 1. The lowest BCUT2D eigenvalue weighted by molar-refractivity contribution is -0.115. The van der Waals surface area contributed by atoms with Crippen molar-refractivity contribution in [2.75, 3.05) is 19.4 Å². The molecular formula is C11H19O4P. The van der Waals surface area contributed by atoms with Crippen LogP contribution in [0.25, 0.3) is 0 Å². The first-order valence-corrected chi connectivity index (χ1v) is 7.44. The van der Waals surface area contributed by atoms with Gasteiger partial charge in [-0.25, -0.2) is 0 Å². The number of hydrogen-bond acceptors (Lipinski definition) is 4. The molecule has 0 saturated heterocycles. The summed E-state index contributed by atoms with van der Waals surface area (Å²) < 4.78 is 22.5. The van der Waals surface area contributed by atoms with Crippen LogP contribution in [0.2, 0.25) is 0 Å². The molecule has 0 aliphatic heterocycles. The van der Waals surface area contributed by atoms with E-state index in [2.05, 4.69) is 0 Å². The van der Waals surface area contributed by atoms with E-state index in [0.29, 0.717) is 25.2 Å². The SMILES string of the molecule is CCOP(=O)(CC1=CCCCC1=O)OCC. The van der Waals surface area contributed by atoms with E-state index in [-0.39, 0.29) is 11.9 Å². The minimum Gasteiger partial charge on any atom is -0.309 e. The van der Waals surface area contributed by atoms with Crippen molar-refractivity contribution in [3.63, 3.8) is 0 Å². The second kappa shape index (κ2) is 6.33. The Balaban J connectivity index is 2.71. The van der Waals surface area contributed by atoms with Gasteiger partial charge >= 0.3 is 7.60 Å². The fraction of sp³-hybridized carbons (Fsp3) is 0.727. The molecule has 0 amide bonds. The summed E-state index contributed by atoms with van der Waals surface area (Å²) in [5.41, 5.74) is 0.608. The van der Waals surface area contributed by atoms with Crippen molar-refractivity contribution < 1.29 is 18.4 Å². The molecule has 0 aromatic carbocycles. The number of rotatable bonds is 6. The summed E-state index contributed by atoms with van der Waals surface area (Å²) in [6.45, 7) is 4.20. The lowest BCUT2D eigenvalue weighted by Crippen LogP contribution is -2.12. The molecule has 0 saturated carbocycles. The van der Waals surface area contributed by atoms with Gasteiger partial charge in [0.2, 0.25) is 0 Å². The van der Waals surface area contributed by atoms with Gasteiger partial charge in [0, 0.05) is 12.0 Å².